The number of sulfonamides is 1. The molecule has 8 heteroatoms. The highest BCUT2D eigenvalue weighted by molar-refractivity contribution is 7.89. The Kier molecular flexibility index (Phi) is 8.53. The third kappa shape index (κ3) is 6.48. The SMILES string of the molecule is CCNC(=NCc1ccc(S(=O)(=O)N2CCCC(C)C2)cc1)NCCOC. The largest absolute Gasteiger partial charge is 0.383 e. The van der Waals surface area contributed by atoms with E-state index >= 15 is 0 Å². The highest BCUT2D eigenvalue weighted by Gasteiger charge is 2.28. The number of aliphatic imine (C=N–C) groups is 1. The van der Waals surface area contributed by atoms with Crippen molar-refractivity contribution in [2.24, 2.45) is 10.9 Å². The first-order valence-electron chi connectivity index (χ1n) is 9.57. The first-order valence-corrected chi connectivity index (χ1v) is 11.0. The average molecular weight is 397 g/mol. The summed E-state index contributed by atoms with van der Waals surface area (Å²) in [5, 5.41) is 6.36. The van der Waals surface area contributed by atoms with Gasteiger partial charge in [-0.2, -0.15) is 4.31 Å². The molecule has 27 heavy (non-hydrogen) atoms. The molecule has 2 N–H and O–H groups in total. The third-order valence-electron chi connectivity index (χ3n) is 4.54. The van der Waals surface area contributed by atoms with Crippen LogP contribution in [0.4, 0.5) is 0 Å². The van der Waals surface area contributed by atoms with Crippen LogP contribution in [0.1, 0.15) is 32.3 Å². The molecule has 1 atom stereocenters. The zero-order valence-electron chi connectivity index (χ0n) is 16.6. The number of ether oxygens (including phenoxy) is 1. The van der Waals surface area contributed by atoms with Crippen LogP contribution in [0.2, 0.25) is 0 Å². The summed E-state index contributed by atoms with van der Waals surface area (Å²) in [6.07, 6.45) is 2.02. The molecular weight excluding hydrogens is 364 g/mol. The lowest BCUT2D eigenvalue weighted by atomic mass is 10.0. The Balaban J connectivity index is 2.02. The molecule has 0 saturated carbocycles. The van der Waals surface area contributed by atoms with E-state index in [2.05, 4.69) is 22.5 Å². The van der Waals surface area contributed by atoms with E-state index in [-0.39, 0.29) is 0 Å². The number of nitrogens with zero attached hydrogens (tertiary/aromatic N) is 2. The molecule has 2 rings (SSSR count). The molecule has 0 bridgehead atoms. The summed E-state index contributed by atoms with van der Waals surface area (Å²) in [5.74, 6) is 1.13. The van der Waals surface area contributed by atoms with Crippen LogP contribution in [-0.2, 0) is 21.3 Å². The second kappa shape index (κ2) is 10.6. The highest BCUT2D eigenvalue weighted by atomic mass is 32.2. The van der Waals surface area contributed by atoms with Crippen LogP contribution in [0.3, 0.4) is 0 Å². The zero-order valence-corrected chi connectivity index (χ0v) is 17.4. The van der Waals surface area contributed by atoms with Crippen molar-refractivity contribution in [2.75, 3.05) is 39.9 Å². The van der Waals surface area contributed by atoms with Gasteiger partial charge in [0, 0.05) is 33.3 Å². The van der Waals surface area contributed by atoms with Crippen molar-refractivity contribution in [1.82, 2.24) is 14.9 Å². The molecule has 1 heterocycles. The quantitative estimate of drug-likeness (QED) is 0.398. The van der Waals surface area contributed by atoms with Crippen molar-refractivity contribution in [3.05, 3.63) is 29.8 Å². The monoisotopic (exact) mass is 396 g/mol. The fourth-order valence-corrected chi connectivity index (χ4v) is 4.66. The zero-order chi connectivity index (χ0) is 19.7. The van der Waals surface area contributed by atoms with E-state index < -0.39 is 10.0 Å². The second-order valence-electron chi connectivity index (χ2n) is 6.87. The van der Waals surface area contributed by atoms with Crippen LogP contribution in [0.5, 0.6) is 0 Å². The van der Waals surface area contributed by atoms with E-state index in [1.807, 2.05) is 19.1 Å². The van der Waals surface area contributed by atoms with E-state index in [1.54, 1.807) is 23.5 Å². The van der Waals surface area contributed by atoms with Gasteiger partial charge in [-0.05, 0) is 43.4 Å². The van der Waals surface area contributed by atoms with Crippen LogP contribution >= 0.6 is 0 Å². The third-order valence-corrected chi connectivity index (χ3v) is 6.42. The summed E-state index contributed by atoms with van der Waals surface area (Å²) in [5.41, 5.74) is 0.963. The Morgan fingerprint density at radius 3 is 2.67 bits per heavy atom. The van der Waals surface area contributed by atoms with Gasteiger partial charge in [0.2, 0.25) is 10.0 Å². The Labute approximate surface area is 163 Å². The topological polar surface area (TPSA) is 83.0 Å². The molecule has 0 radical (unpaired) electrons. The summed E-state index contributed by atoms with van der Waals surface area (Å²) in [6, 6.07) is 7.04. The molecule has 1 fully saturated rings. The fourth-order valence-electron chi connectivity index (χ4n) is 3.06. The summed E-state index contributed by atoms with van der Waals surface area (Å²) in [6.45, 7) is 7.85. The Morgan fingerprint density at radius 2 is 2.04 bits per heavy atom. The maximum absolute atomic E-state index is 12.8. The lowest BCUT2D eigenvalue weighted by Crippen LogP contribution is -2.39. The van der Waals surface area contributed by atoms with Gasteiger partial charge in [0.05, 0.1) is 18.0 Å². The molecule has 0 aliphatic carbocycles. The maximum atomic E-state index is 12.8. The smallest absolute Gasteiger partial charge is 0.243 e. The minimum Gasteiger partial charge on any atom is -0.383 e. The lowest BCUT2D eigenvalue weighted by molar-refractivity contribution is 0.203. The van der Waals surface area contributed by atoms with Gasteiger partial charge in [-0.3, -0.25) is 0 Å². The molecule has 1 aromatic rings. The number of hydrogen-bond donors (Lipinski definition) is 2. The normalized spacial score (nSPS) is 19.1. The number of hydrogen-bond acceptors (Lipinski definition) is 4. The van der Waals surface area contributed by atoms with Crippen molar-refractivity contribution in [3.63, 3.8) is 0 Å². The van der Waals surface area contributed by atoms with Gasteiger partial charge in [-0.15, -0.1) is 0 Å². The predicted octanol–water partition coefficient (Wildman–Crippen LogP) is 1.81. The maximum Gasteiger partial charge on any atom is 0.243 e. The molecule has 1 unspecified atom stereocenters. The Hall–Kier alpha value is -1.64. The van der Waals surface area contributed by atoms with Crippen molar-refractivity contribution >= 4 is 16.0 Å². The van der Waals surface area contributed by atoms with E-state index in [0.717, 1.165) is 24.9 Å². The number of guanidine groups is 1. The van der Waals surface area contributed by atoms with Crippen LogP contribution in [0.15, 0.2) is 34.2 Å². The minimum absolute atomic E-state index is 0.356. The van der Waals surface area contributed by atoms with Crippen molar-refractivity contribution in [2.45, 2.75) is 38.1 Å². The lowest BCUT2D eigenvalue weighted by Gasteiger charge is -2.30. The first-order chi connectivity index (χ1) is 13.0. The van der Waals surface area contributed by atoms with Crippen LogP contribution in [0.25, 0.3) is 0 Å². The number of methoxy groups -OCH3 is 1. The molecule has 0 spiro atoms. The van der Waals surface area contributed by atoms with Crippen LogP contribution in [-0.4, -0.2) is 58.6 Å². The molecule has 1 aromatic carbocycles. The second-order valence-corrected chi connectivity index (χ2v) is 8.81. The van der Waals surface area contributed by atoms with Crippen molar-refractivity contribution < 1.29 is 13.2 Å². The number of rotatable bonds is 8. The summed E-state index contributed by atoms with van der Waals surface area (Å²) in [7, 11) is -1.75. The molecule has 1 aliphatic heterocycles. The fraction of sp³-hybridized carbons (Fsp3) is 0.632. The molecule has 1 saturated heterocycles. The number of piperidine rings is 1. The van der Waals surface area contributed by atoms with Gasteiger partial charge in [0.25, 0.3) is 0 Å². The van der Waals surface area contributed by atoms with Gasteiger partial charge in [-0.1, -0.05) is 19.1 Å². The Morgan fingerprint density at radius 1 is 1.30 bits per heavy atom. The standard InChI is InChI=1S/C19H32N4O3S/c1-4-20-19(21-11-13-26-3)22-14-17-7-9-18(10-8-17)27(24,25)23-12-5-6-16(2)15-23/h7-10,16H,4-6,11-15H2,1-3H3,(H2,20,21,22). The molecule has 7 nitrogen and oxygen atoms in total. The average Bonchev–Trinajstić information content (AvgIpc) is 2.66. The molecule has 0 aromatic heterocycles. The molecular formula is C19H32N4O3S. The summed E-state index contributed by atoms with van der Waals surface area (Å²) in [4.78, 5) is 4.88. The first kappa shape index (κ1) is 21.7. The van der Waals surface area contributed by atoms with Crippen LogP contribution < -0.4 is 10.6 Å². The van der Waals surface area contributed by atoms with Crippen LogP contribution in [0, 0.1) is 5.92 Å². The van der Waals surface area contributed by atoms with E-state index in [9.17, 15) is 8.42 Å². The van der Waals surface area contributed by atoms with E-state index in [1.165, 1.54) is 0 Å². The molecule has 0 amide bonds. The van der Waals surface area contributed by atoms with Gasteiger partial charge < -0.3 is 15.4 Å². The molecule has 1 aliphatic rings. The highest BCUT2D eigenvalue weighted by Crippen LogP contribution is 2.23. The van der Waals surface area contributed by atoms with Crippen molar-refractivity contribution in [1.29, 1.82) is 0 Å². The number of benzene rings is 1. The van der Waals surface area contributed by atoms with E-state index in [4.69, 9.17) is 4.74 Å². The molecule has 152 valence electrons. The van der Waals surface area contributed by atoms with Crippen molar-refractivity contribution in [3.8, 4) is 0 Å². The van der Waals surface area contributed by atoms with Gasteiger partial charge in [0.1, 0.15) is 0 Å². The predicted molar refractivity (Wildman–Crippen MR) is 108 cm³/mol. The number of nitrogens with one attached hydrogen (secondary N) is 2. The minimum atomic E-state index is -3.41. The summed E-state index contributed by atoms with van der Waals surface area (Å²) < 4.78 is 32.3. The summed E-state index contributed by atoms with van der Waals surface area (Å²) >= 11 is 0. The van der Waals surface area contributed by atoms with Gasteiger partial charge in [0.15, 0.2) is 5.96 Å². The van der Waals surface area contributed by atoms with Gasteiger partial charge >= 0.3 is 0 Å². The Bertz CT molecular complexity index is 704. The van der Waals surface area contributed by atoms with Gasteiger partial charge in [-0.25, -0.2) is 13.4 Å². The van der Waals surface area contributed by atoms with E-state index in [0.29, 0.717) is 49.6 Å².